The number of aliphatic hydroxyl groups is 2. The molecule has 0 aliphatic rings. The van der Waals surface area contributed by atoms with Crippen LogP contribution in [0.1, 0.15) is 0 Å². The number of aliphatic carboxylic acids is 2. The summed E-state index contributed by atoms with van der Waals surface area (Å²) >= 11 is 0. The highest BCUT2D eigenvalue weighted by Crippen LogP contribution is 1.95. The molecule has 0 aromatic rings. The summed E-state index contributed by atoms with van der Waals surface area (Å²) in [6, 6.07) is 0. The van der Waals surface area contributed by atoms with Crippen molar-refractivity contribution in [2.75, 3.05) is 66.0 Å². The van der Waals surface area contributed by atoms with Crippen molar-refractivity contribution < 1.29 is 34.8 Å². The Kier molecular flexibility index (Phi) is 12.5. The van der Waals surface area contributed by atoms with E-state index in [1.807, 2.05) is 0 Å². The number of rotatable bonds is 15. The van der Waals surface area contributed by atoms with Crippen LogP contribution in [0.3, 0.4) is 0 Å². The minimum absolute atomic E-state index is 0.0380. The van der Waals surface area contributed by atoms with Gasteiger partial charge in [-0.1, -0.05) is 0 Å². The number of carbonyl (C=O) groups is 3. The lowest BCUT2D eigenvalue weighted by Crippen LogP contribution is -2.45. The Morgan fingerprint density at radius 3 is 2.20 bits per heavy atom. The summed E-state index contributed by atoms with van der Waals surface area (Å²) in [7, 11) is 1.46. The van der Waals surface area contributed by atoms with Crippen LogP contribution in [-0.2, 0) is 14.4 Å². The van der Waals surface area contributed by atoms with E-state index >= 15 is 0 Å². The van der Waals surface area contributed by atoms with Crippen LogP contribution < -0.4 is 10.6 Å². The van der Waals surface area contributed by atoms with E-state index in [1.54, 1.807) is 0 Å². The van der Waals surface area contributed by atoms with Crippen molar-refractivity contribution in [3.05, 3.63) is 0 Å². The molecule has 0 aliphatic heterocycles. The normalized spacial score (nSPS) is 12.2. The van der Waals surface area contributed by atoms with Gasteiger partial charge in [-0.2, -0.15) is 0 Å². The Morgan fingerprint density at radius 1 is 1.00 bits per heavy atom. The Hall–Kier alpha value is -1.79. The first-order valence-electron chi connectivity index (χ1n) is 7.86. The molecule has 0 aliphatic carbocycles. The van der Waals surface area contributed by atoms with Crippen molar-refractivity contribution in [1.29, 1.82) is 0 Å². The monoisotopic (exact) mass is 364 g/mol. The Bertz CT molecular complexity index is 422. The van der Waals surface area contributed by atoms with Crippen LogP contribution in [0.4, 0.5) is 0 Å². The molecule has 0 radical (unpaired) electrons. The van der Waals surface area contributed by atoms with Gasteiger partial charge in [0.05, 0.1) is 32.3 Å². The number of amides is 1. The molecule has 146 valence electrons. The second-order valence-corrected chi connectivity index (χ2v) is 5.54. The van der Waals surface area contributed by atoms with E-state index < -0.39 is 24.6 Å². The largest absolute Gasteiger partial charge is 0.480 e. The molecule has 0 spiro atoms. The molecule has 1 unspecified atom stereocenters. The number of carbonyl (C=O) groups excluding carboxylic acids is 1. The van der Waals surface area contributed by atoms with Crippen LogP contribution in [-0.4, -0.2) is 120 Å². The van der Waals surface area contributed by atoms with Crippen LogP contribution in [0, 0.1) is 0 Å². The van der Waals surface area contributed by atoms with Crippen LogP contribution in [0.15, 0.2) is 0 Å². The van der Waals surface area contributed by atoms with Gasteiger partial charge in [0.2, 0.25) is 5.91 Å². The summed E-state index contributed by atoms with van der Waals surface area (Å²) in [5, 5.41) is 41.2. The molecule has 6 N–H and O–H groups in total. The van der Waals surface area contributed by atoms with E-state index in [0.717, 1.165) is 0 Å². The number of nitrogens with one attached hydrogen (secondary N) is 2. The minimum Gasteiger partial charge on any atom is -0.480 e. The molecule has 0 saturated carbocycles. The predicted octanol–water partition coefficient (Wildman–Crippen LogP) is -3.55. The summed E-state index contributed by atoms with van der Waals surface area (Å²) in [6.07, 6.45) is -1.04. The Morgan fingerprint density at radius 2 is 1.64 bits per heavy atom. The van der Waals surface area contributed by atoms with Gasteiger partial charge in [0, 0.05) is 39.8 Å². The van der Waals surface area contributed by atoms with Crippen molar-refractivity contribution in [3.8, 4) is 0 Å². The number of aliphatic hydroxyl groups excluding tert-OH is 2. The molecule has 11 nitrogen and oxygen atoms in total. The average molecular weight is 364 g/mol. The van der Waals surface area contributed by atoms with Crippen LogP contribution in [0.2, 0.25) is 0 Å². The van der Waals surface area contributed by atoms with E-state index in [2.05, 4.69) is 10.6 Å². The molecule has 0 aromatic heterocycles. The fourth-order valence-electron chi connectivity index (χ4n) is 1.93. The van der Waals surface area contributed by atoms with E-state index in [0.29, 0.717) is 26.2 Å². The molecule has 0 saturated heterocycles. The Balaban J connectivity index is 4.16. The molecule has 0 bridgehead atoms. The zero-order valence-electron chi connectivity index (χ0n) is 14.3. The number of carboxylic acids is 2. The molecule has 0 aromatic carbocycles. The van der Waals surface area contributed by atoms with Gasteiger partial charge in [0.25, 0.3) is 0 Å². The van der Waals surface area contributed by atoms with Gasteiger partial charge < -0.3 is 36.0 Å². The summed E-state index contributed by atoms with van der Waals surface area (Å²) in [5.41, 5.74) is 0. The summed E-state index contributed by atoms with van der Waals surface area (Å²) in [5.74, 6) is -2.37. The lowest BCUT2D eigenvalue weighted by molar-refractivity contribution is -0.140. The maximum atomic E-state index is 12.0. The maximum Gasteiger partial charge on any atom is 0.317 e. The van der Waals surface area contributed by atoms with Crippen LogP contribution in [0.25, 0.3) is 0 Å². The summed E-state index contributed by atoms with van der Waals surface area (Å²) < 4.78 is 0. The SMILES string of the molecule is CN(CC(O)CO)C(=O)CN(CCNCCNCC(=O)O)CC(=O)O. The molecule has 11 heteroatoms. The fraction of sp³-hybridized carbons (Fsp3) is 0.786. The van der Waals surface area contributed by atoms with Crippen molar-refractivity contribution in [2.24, 2.45) is 0 Å². The van der Waals surface area contributed by atoms with Crippen LogP contribution in [0.5, 0.6) is 0 Å². The second kappa shape index (κ2) is 13.5. The van der Waals surface area contributed by atoms with Gasteiger partial charge in [-0.25, -0.2) is 0 Å². The number of likely N-dealkylation sites (N-methyl/N-ethyl adjacent to an activating group) is 1. The molecular formula is C14H28N4O7. The highest BCUT2D eigenvalue weighted by molar-refractivity contribution is 5.79. The molecule has 1 atom stereocenters. The predicted molar refractivity (Wildman–Crippen MR) is 88.2 cm³/mol. The lowest BCUT2D eigenvalue weighted by Gasteiger charge is -2.25. The number of carboxylic acid groups (broad SMARTS) is 2. The topological polar surface area (TPSA) is 163 Å². The third kappa shape index (κ3) is 13.2. The fourth-order valence-corrected chi connectivity index (χ4v) is 1.93. The molecular weight excluding hydrogens is 336 g/mol. The molecule has 0 heterocycles. The van der Waals surface area contributed by atoms with Crippen molar-refractivity contribution in [3.63, 3.8) is 0 Å². The van der Waals surface area contributed by atoms with Gasteiger partial charge in [0.15, 0.2) is 0 Å². The van der Waals surface area contributed by atoms with E-state index in [-0.39, 0.29) is 32.1 Å². The van der Waals surface area contributed by atoms with E-state index in [4.69, 9.17) is 15.3 Å². The van der Waals surface area contributed by atoms with Crippen molar-refractivity contribution in [2.45, 2.75) is 6.10 Å². The quantitative estimate of drug-likeness (QED) is 0.160. The second-order valence-electron chi connectivity index (χ2n) is 5.54. The third-order valence-corrected chi connectivity index (χ3v) is 3.20. The van der Waals surface area contributed by atoms with Gasteiger partial charge in [-0.05, 0) is 0 Å². The zero-order valence-corrected chi connectivity index (χ0v) is 14.3. The van der Waals surface area contributed by atoms with Gasteiger partial charge in [-0.15, -0.1) is 0 Å². The van der Waals surface area contributed by atoms with Crippen molar-refractivity contribution in [1.82, 2.24) is 20.4 Å². The number of nitrogens with zero attached hydrogens (tertiary/aromatic N) is 2. The number of hydrogen-bond acceptors (Lipinski definition) is 8. The zero-order chi connectivity index (χ0) is 19.2. The van der Waals surface area contributed by atoms with Gasteiger partial charge >= 0.3 is 11.9 Å². The molecule has 0 rings (SSSR count). The summed E-state index contributed by atoms with van der Waals surface area (Å²) in [4.78, 5) is 35.9. The third-order valence-electron chi connectivity index (χ3n) is 3.20. The highest BCUT2D eigenvalue weighted by Gasteiger charge is 2.18. The van der Waals surface area contributed by atoms with Crippen LogP contribution >= 0.6 is 0 Å². The first kappa shape index (κ1) is 23.2. The molecule has 0 fully saturated rings. The highest BCUT2D eigenvalue weighted by atomic mass is 16.4. The standard InChI is InChI=1S/C14H28N4O7/c1-17(7-11(20)10-19)12(21)8-18(9-14(24)25)5-4-15-2-3-16-6-13(22)23/h11,15-16,19-20H,2-10H2,1H3,(H,22,23)(H,24,25). The first-order valence-corrected chi connectivity index (χ1v) is 7.86. The average Bonchev–Trinajstić information content (AvgIpc) is 2.52. The molecule has 1 amide bonds. The Labute approximate surface area is 146 Å². The van der Waals surface area contributed by atoms with Gasteiger partial charge in [0.1, 0.15) is 0 Å². The summed E-state index contributed by atoms with van der Waals surface area (Å²) in [6.45, 7) is 0.636. The smallest absolute Gasteiger partial charge is 0.317 e. The van der Waals surface area contributed by atoms with Gasteiger partial charge in [-0.3, -0.25) is 19.3 Å². The minimum atomic E-state index is -1.06. The van der Waals surface area contributed by atoms with Crippen molar-refractivity contribution >= 4 is 17.8 Å². The maximum absolute atomic E-state index is 12.0. The molecule has 25 heavy (non-hydrogen) atoms. The van der Waals surface area contributed by atoms with E-state index in [9.17, 15) is 19.5 Å². The lowest BCUT2D eigenvalue weighted by atomic mass is 10.3. The van der Waals surface area contributed by atoms with E-state index in [1.165, 1.54) is 16.8 Å². The first-order chi connectivity index (χ1) is 11.8. The number of hydrogen-bond donors (Lipinski definition) is 6.